The Morgan fingerprint density at radius 1 is 1.08 bits per heavy atom. The van der Waals surface area contributed by atoms with Crippen molar-refractivity contribution in [2.24, 2.45) is 4.99 Å². The van der Waals surface area contributed by atoms with E-state index in [1.165, 1.54) is 25.3 Å². The molecule has 0 spiro atoms. The van der Waals surface area contributed by atoms with Gasteiger partial charge in [-0.3, -0.25) is 14.7 Å². The summed E-state index contributed by atoms with van der Waals surface area (Å²) in [6, 6.07) is 12.5. The van der Waals surface area contributed by atoms with E-state index in [1.54, 1.807) is 35.2 Å². The van der Waals surface area contributed by atoms with Crippen molar-refractivity contribution in [3.63, 3.8) is 0 Å². The van der Waals surface area contributed by atoms with Gasteiger partial charge in [0.15, 0.2) is 6.17 Å². The number of aliphatic imine (C=N–C) groups is 1. The minimum absolute atomic E-state index is 0.0160. The lowest BCUT2D eigenvalue weighted by atomic mass is 10.1. The third-order valence-electron chi connectivity index (χ3n) is 6.33. The molecular weight excluding hydrogens is 498 g/mol. The quantitative estimate of drug-likeness (QED) is 0.513. The van der Waals surface area contributed by atoms with Gasteiger partial charge in [0.2, 0.25) is 5.88 Å². The third kappa shape index (κ3) is 5.94. The van der Waals surface area contributed by atoms with Gasteiger partial charge in [-0.25, -0.2) is 0 Å². The Morgan fingerprint density at radius 3 is 2.32 bits per heavy atom. The molecule has 2 aromatic rings. The summed E-state index contributed by atoms with van der Waals surface area (Å²) in [7, 11) is 3.07. The first-order chi connectivity index (χ1) is 18.0. The van der Waals surface area contributed by atoms with Crippen molar-refractivity contribution in [3.05, 3.63) is 58.9 Å². The molecule has 0 saturated carbocycles. The van der Waals surface area contributed by atoms with Gasteiger partial charge < -0.3 is 29.0 Å². The largest absolute Gasteiger partial charge is 0.494 e. The average Bonchev–Trinajstić information content (AvgIpc) is 2.93. The fourth-order valence-electron chi connectivity index (χ4n) is 4.42. The molecule has 2 aliphatic rings. The van der Waals surface area contributed by atoms with Crippen molar-refractivity contribution < 1.29 is 28.8 Å². The van der Waals surface area contributed by atoms with Crippen LogP contribution >= 0.6 is 11.6 Å². The summed E-state index contributed by atoms with van der Waals surface area (Å²) >= 11 is 5.95. The van der Waals surface area contributed by atoms with Crippen molar-refractivity contribution in [1.29, 1.82) is 0 Å². The number of benzene rings is 2. The molecule has 1 saturated heterocycles. The molecule has 198 valence electrons. The lowest BCUT2D eigenvalue weighted by molar-refractivity contribution is -0.128. The predicted molar refractivity (Wildman–Crippen MR) is 142 cm³/mol. The molecule has 2 aromatic carbocycles. The minimum atomic E-state index is -0.611. The molecule has 4 rings (SSSR count). The van der Waals surface area contributed by atoms with Crippen molar-refractivity contribution >= 4 is 29.4 Å². The topological polar surface area (TPSA) is 93.1 Å². The van der Waals surface area contributed by atoms with Crippen LogP contribution in [0.1, 0.15) is 19.8 Å². The first-order valence-corrected chi connectivity index (χ1v) is 12.6. The number of rotatable bonds is 9. The summed E-state index contributed by atoms with van der Waals surface area (Å²) in [4.78, 5) is 21.3. The van der Waals surface area contributed by atoms with Crippen molar-refractivity contribution in [2.75, 3.05) is 45.4 Å². The van der Waals surface area contributed by atoms with Crippen LogP contribution in [0.2, 0.25) is 5.02 Å². The number of carbonyl (C=O) groups excluding carboxylic acids is 1. The smallest absolute Gasteiger partial charge is 0.260 e. The highest BCUT2D eigenvalue weighted by molar-refractivity contribution is 6.30. The van der Waals surface area contributed by atoms with Crippen LogP contribution in [-0.4, -0.2) is 74.9 Å². The third-order valence-corrected chi connectivity index (χ3v) is 6.58. The second-order valence-corrected chi connectivity index (χ2v) is 9.04. The molecule has 9 nitrogen and oxygen atoms in total. The summed E-state index contributed by atoms with van der Waals surface area (Å²) in [5, 5.41) is 12.1. The summed E-state index contributed by atoms with van der Waals surface area (Å²) in [5.41, 5.74) is 0.560. The summed E-state index contributed by atoms with van der Waals surface area (Å²) < 4.78 is 22.8. The number of ether oxygens (including phenoxy) is 4. The summed E-state index contributed by atoms with van der Waals surface area (Å²) in [6.07, 6.45) is 2.13. The highest BCUT2D eigenvalue weighted by Crippen LogP contribution is 2.42. The number of aliphatic hydroxyl groups is 1. The molecule has 1 amide bonds. The summed E-state index contributed by atoms with van der Waals surface area (Å²) in [5.74, 6) is 1.15. The zero-order valence-electron chi connectivity index (χ0n) is 21.2. The Morgan fingerprint density at radius 2 is 1.73 bits per heavy atom. The van der Waals surface area contributed by atoms with Crippen LogP contribution in [0.25, 0.3) is 0 Å². The fourth-order valence-corrected chi connectivity index (χ4v) is 4.55. The van der Waals surface area contributed by atoms with Crippen LogP contribution in [-0.2, 0) is 9.53 Å². The van der Waals surface area contributed by atoms with E-state index in [4.69, 9.17) is 30.5 Å². The van der Waals surface area contributed by atoms with Crippen LogP contribution in [0.15, 0.2) is 58.9 Å². The van der Waals surface area contributed by atoms with Gasteiger partial charge >= 0.3 is 0 Å². The number of hydrogen-bond acceptors (Lipinski definition) is 8. The Bertz CT molecular complexity index is 1120. The number of methoxy groups -OCH3 is 2. The molecule has 10 heteroatoms. The molecule has 0 radical (unpaired) electrons. The number of likely N-dealkylation sites (tertiary alicyclic amines) is 1. The van der Waals surface area contributed by atoms with Crippen molar-refractivity contribution in [3.8, 4) is 17.2 Å². The number of amides is 1. The van der Waals surface area contributed by atoms with Gasteiger partial charge in [0.05, 0.1) is 20.8 Å². The number of halogens is 1. The SMILES string of the molecule is CCOCC1N=CC(C(=O)N2CCC(Oc3ccc(Cl)cc3)CC2)=C(O)N1c1c(OC)cccc1OC. The zero-order chi connectivity index (χ0) is 26.4. The number of aliphatic hydroxyl groups excluding tert-OH is 1. The van der Waals surface area contributed by atoms with Crippen LogP contribution < -0.4 is 19.1 Å². The number of nitrogens with zero attached hydrogens (tertiary/aromatic N) is 3. The van der Waals surface area contributed by atoms with E-state index in [2.05, 4.69) is 4.99 Å². The van der Waals surface area contributed by atoms with E-state index in [0.717, 1.165) is 5.75 Å². The maximum absolute atomic E-state index is 13.5. The van der Waals surface area contributed by atoms with Gasteiger partial charge in [0.25, 0.3) is 5.91 Å². The second-order valence-electron chi connectivity index (χ2n) is 8.60. The molecule has 0 aromatic heterocycles. The van der Waals surface area contributed by atoms with E-state index in [9.17, 15) is 9.90 Å². The van der Waals surface area contributed by atoms with Crippen molar-refractivity contribution in [2.45, 2.75) is 32.0 Å². The molecule has 1 N–H and O–H groups in total. The van der Waals surface area contributed by atoms with Crippen LogP contribution in [0, 0.1) is 0 Å². The predicted octanol–water partition coefficient (Wildman–Crippen LogP) is 4.45. The van der Waals surface area contributed by atoms with Gasteiger partial charge in [0.1, 0.15) is 34.6 Å². The lowest BCUT2D eigenvalue weighted by Crippen LogP contribution is -2.46. The monoisotopic (exact) mass is 529 g/mol. The molecule has 0 bridgehead atoms. The fraction of sp³-hybridized carbons (Fsp3) is 0.407. The van der Waals surface area contributed by atoms with Crippen LogP contribution in [0.3, 0.4) is 0 Å². The van der Waals surface area contributed by atoms with E-state index in [0.29, 0.717) is 54.7 Å². The lowest BCUT2D eigenvalue weighted by Gasteiger charge is -2.36. The van der Waals surface area contributed by atoms with E-state index in [-0.39, 0.29) is 30.1 Å². The van der Waals surface area contributed by atoms with Crippen LogP contribution in [0.5, 0.6) is 17.2 Å². The molecule has 37 heavy (non-hydrogen) atoms. The van der Waals surface area contributed by atoms with Gasteiger partial charge in [-0.1, -0.05) is 17.7 Å². The Kier molecular flexibility index (Phi) is 8.78. The Balaban J connectivity index is 1.55. The molecule has 2 heterocycles. The highest BCUT2D eigenvalue weighted by Gasteiger charge is 2.36. The number of piperidine rings is 1. The zero-order valence-corrected chi connectivity index (χ0v) is 22.0. The maximum atomic E-state index is 13.5. The first kappa shape index (κ1) is 26.6. The van der Waals surface area contributed by atoms with Gasteiger partial charge in [-0.2, -0.15) is 0 Å². The van der Waals surface area contributed by atoms with Crippen molar-refractivity contribution in [1.82, 2.24) is 4.90 Å². The van der Waals surface area contributed by atoms with Crippen LogP contribution in [0.4, 0.5) is 5.69 Å². The Labute approximate surface area is 221 Å². The standard InChI is InChI=1S/C27H32ClN3O6/c1-4-36-17-24-29-16-21(27(33)31(24)25-22(34-2)6-5-7-23(25)35-3)26(32)30-14-12-20(13-15-30)37-19-10-8-18(28)9-11-19/h5-11,16,20,24,33H,4,12-15,17H2,1-3H3. The number of anilines is 1. The molecule has 1 fully saturated rings. The molecular formula is C27H32ClN3O6. The van der Waals surface area contributed by atoms with E-state index in [1.807, 2.05) is 19.1 Å². The van der Waals surface area contributed by atoms with E-state index >= 15 is 0 Å². The van der Waals surface area contributed by atoms with Gasteiger partial charge in [-0.05, 0) is 43.3 Å². The van der Waals surface area contributed by atoms with E-state index < -0.39 is 6.17 Å². The van der Waals surface area contributed by atoms with Gasteiger partial charge in [-0.15, -0.1) is 0 Å². The Hall–Kier alpha value is -3.43. The second kappa shape index (κ2) is 12.2. The molecule has 2 aliphatic heterocycles. The number of hydrogen-bond donors (Lipinski definition) is 1. The minimum Gasteiger partial charge on any atom is -0.494 e. The molecule has 1 atom stereocenters. The first-order valence-electron chi connectivity index (χ1n) is 12.2. The van der Waals surface area contributed by atoms with Gasteiger partial charge in [0, 0.05) is 43.8 Å². The normalized spacial score (nSPS) is 18.2. The maximum Gasteiger partial charge on any atom is 0.260 e. The highest BCUT2D eigenvalue weighted by atomic mass is 35.5. The summed E-state index contributed by atoms with van der Waals surface area (Å²) in [6.45, 7) is 3.54. The average molecular weight is 530 g/mol. The molecule has 1 unspecified atom stereocenters. The molecule has 0 aliphatic carbocycles. The number of para-hydroxylation sites is 1. The number of carbonyl (C=O) groups is 1.